The molecule has 1 saturated heterocycles. The molecule has 2 aromatic rings. The predicted octanol–water partition coefficient (Wildman–Crippen LogP) is 3.27. The van der Waals surface area contributed by atoms with E-state index in [1.54, 1.807) is 11.3 Å². The van der Waals surface area contributed by atoms with Crippen LogP contribution in [0.5, 0.6) is 0 Å². The Morgan fingerprint density at radius 1 is 1.22 bits per heavy atom. The van der Waals surface area contributed by atoms with Crippen LogP contribution in [0.3, 0.4) is 0 Å². The lowest BCUT2D eigenvalue weighted by Gasteiger charge is -2.26. The molecule has 0 saturated carbocycles. The van der Waals surface area contributed by atoms with Crippen molar-refractivity contribution in [1.82, 2.24) is 4.90 Å². The number of anilines is 1. The van der Waals surface area contributed by atoms with Gasteiger partial charge in [-0.2, -0.15) is 0 Å². The van der Waals surface area contributed by atoms with Crippen LogP contribution in [0.1, 0.15) is 32.1 Å². The molecule has 2 aliphatic rings. The number of thiophene rings is 1. The maximum absolute atomic E-state index is 12.7. The molecule has 1 aliphatic heterocycles. The monoisotopic (exact) mass is 384 g/mol. The maximum atomic E-state index is 12.7. The van der Waals surface area contributed by atoms with Crippen molar-refractivity contribution >= 4 is 28.8 Å². The summed E-state index contributed by atoms with van der Waals surface area (Å²) < 4.78 is 5.33. The summed E-state index contributed by atoms with van der Waals surface area (Å²) in [5.41, 5.74) is 3.13. The van der Waals surface area contributed by atoms with Gasteiger partial charge < -0.3 is 15.0 Å². The molecule has 4 rings (SSSR count). The van der Waals surface area contributed by atoms with E-state index in [0.29, 0.717) is 32.7 Å². The van der Waals surface area contributed by atoms with E-state index in [9.17, 15) is 9.59 Å². The summed E-state index contributed by atoms with van der Waals surface area (Å²) in [7, 11) is 0. The van der Waals surface area contributed by atoms with Gasteiger partial charge in [0.25, 0.3) is 5.91 Å². The Bertz CT molecular complexity index is 855. The number of amides is 2. The van der Waals surface area contributed by atoms with Gasteiger partial charge in [-0.05, 0) is 55.5 Å². The molecule has 2 amide bonds. The summed E-state index contributed by atoms with van der Waals surface area (Å²) in [4.78, 5) is 29.3. The van der Waals surface area contributed by atoms with Gasteiger partial charge in [0.15, 0.2) is 0 Å². The molecule has 0 radical (unpaired) electrons. The molecule has 2 heterocycles. The molecule has 6 heteroatoms. The van der Waals surface area contributed by atoms with Gasteiger partial charge in [-0.15, -0.1) is 11.3 Å². The number of hydrogen-bond donors (Lipinski definition) is 1. The maximum Gasteiger partial charge on any atom is 0.264 e. The second kappa shape index (κ2) is 7.82. The van der Waals surface area contributed by atoms with Gasteiger partial charge >= 0.3 is 0 Å². The van der Waals surface area contributed by atoms with Gasteiger partial charge in [-0.25, -0.2) is 0 Å². The molecule has 142 valence electrons. The van der Waals surface area contributed by atoms with Crippen LogP contribution in [-0.2, 0) is 22.4 Å². The number of nitrogens with zero attached hydrogens (tertiary/aromatic N) is 1. The Morgan fingerprint density at radius 3 is 2.81 bits per heavy atom. The fraction of sp³-hybridized carbons (Fsp3) is 0.429. The number of carbonyl (C=O) groups is 2. The highest BCUT2D eigenvalue weighted by Gasteiger charge is 2.29. The van der Waals surface area contributed by atoms with E-state index in [0.717, 1.165) is 34.5 Å². The zero-order valence-electron chi connectivity index (χ0n) is 15.5. The van der Waals surface area contributed by atoms with Crippen molar-refractivity contribution in [2.24, 2.45) is 5.92 Å². The third kappa shape index (κ3) is 4.06. The highest BCUT2D eigenvalue weighted by molar-refractivity contribution is 7.14. The van der Waals surface area contributed by atoms with E-state index >= 15 is 0 Å². The standard InChI is InChI=1S/C21H24N2O3S/c1-14-3-2-4-17(11-14)22-20(24)15-5-6-18-16(12-15)13-19(27-18)21(25)23-7-9-26-10-8-23/h2-4,11,13,15H,5-10,12H2,1H3,(H,22,24). The minimum atomic E-state index is -0.0426. The molecular weight excluding hydrogens is 360 g/mol. The van der Waals surface area contributed by atoms with E-state index in [4.69, 9.17) is 4.74 Å². The van der Waals surface area contributed by atoms with Crippen molar-refractivity contribution in [3.63, 3.8) is 0 Å². The van der Waals surface area contributed by atoms with E-state index < -0.39 is 0 Å². The predicted molar refractivity (Wildman–Crippen MR) is 106 cm³/mol. The van der Waals surface area contributed by atoms with Crippen LogP contribution < -0.4 is 5.32 Å². The molecule has 27 heavy (non-hydrogen) atoms. The molecule has 1 N–H and O–H groups in total. The average Bonchev–Trinajstić information content (AvgIpc) is 3.11. The summed E-state index contributed by atoms with van der Waals surface area (Å²) in [6, 6.07) is 9.87. The van der Waals surface area contributed by atoms with E-state index in [1.807, 2.05) is 42.2 Å². The number of benzene rings is 1. The van der Waals surface area contributed by atoms with Crippen LogP contribution in [0.25, 0.3) is 0 Å². The molecule has 1 aromatic carbocycles. The number of rotatable bonds is 3. The number of hydrogen-bond acceptors (Lipinski definition) is 4. The van der Waals surface area contributed by atoms with Gasteiger partial charge in [0, 0.05) is 29.6 Å². The molecule has 1 aliphatic carbocycles. The summed E-state index contributed by atoms with van der Waals surface area (Å²) >= 11 is 1.59. The molecule has 1 fully saturated rings. The van der Waals surface area contributed by atoms with Gasteiger partial charge in [0.2, 0.25) is 5.91 Å². The Labute approximate surface area is 163 Å². The molecule has 1 atom stereocenters. The topological polar surface area (TPSA) is 58.6 Å². The summed E-state index contributed by atoms with van der Waals surface area (Å²) in [5, 5.41) is 3.04. The highest BCUT2D eigenvalue weighted by Crippen LogP contribution is 2.33. The molecule has 1 aromatic heterocycles. The first-order chi connectivity index (χ1) is 13.1. The Hall–Kier alpha value is -2.18. The third-order valence-corrected chi connectivity index (χ3v) is 6.47. The van der Waals surface area contributed by atoms with Crippen LogP contribution in [0, 0.1) is 12.8 Å². The van der Waals surface area contributed by atoms with Crippen LogP contribution in [-0.4, -0.2) is 43.0 Å². The second-order valence-corrected chi connectivity index (χ2v) is 8.40. The summed E-state index contributed by atoms with van der Waals surface area (Å²) in [6.07, 6.45) is 2.40. The Balaban J connectivity index is 1.43. The number of carbonyl (C=O) groups excluding carboxylic acids is 2. The normalized spacial score (nSPS) is 19.4. The van der Waals surface area contributed by atoms with Gasteiger partial charge in [-0.1, -0.05) is 12.1 Å². The smallest absolute Gasteiger partial charge is 0.264 e. The molecule has 0 spiro atoms. The van der Waals surface area contributed by atoms with Crippen molar-refractivity contribution in [2.45, 2.75) is 26.2 Å². The first-order valence-corrected chi connectivity index (χ1v) is 10.3. The average molecular weight is 385 g/mol. The van der Waals surface area contributed by atoms with Crippen LogP contribution >= 0.6 is 11.3 Å². The van der Waals surface area contributed by atoms with E-state index in [-0.39, 0.29) is 17.7 Å². The summed E-state index contributed by atoms with van der Waals surface area (Å²) in [6.45, 7) is 4.54. The molecule has 1 unspecified atom stereocenters. The minimum absolute atomic E-state index is 0.0426. The number of ether oxygens (including phenoxy) is 1. The Morgan fingerprint density at radius 2 is 2.04 bits per heavy atom. The van der Waals surface area contributed by atoms with Crippen molar-refractivity contribution in [2.75, 3.05) is 31.6 Å². The van der Waals surface area contributed by atoms with Crippen LogP contribution in [0.4, 0.5) is 5.69 Å². The van der Waals surface area contributed by atoms with Crippen molar-refractivity contribution in [3.8, 4) is 0 Å². The number of aryl methyl sites for hydroxylation is 2. The van der Waals surface area contributed by atoms with Crippen molar-refractivity contribution in [1.29, 1.82) is 0 Å². The van der Waals surface area contributed by atoms with E-state index in [2.05, 4.69) is 5.32 Å². The SMILES string of the molecule is Cc1cccc(NC(=O)C2CCc3sc(C(=O)N4CCOCC4)cc3C2)c1. The van der Waals surface area contributed by atoms with Gasteiger partial charge in [0.05, 0.1) is 18.1 Å². The van der Waals surface area contributed by atoms with Gasteiger partial charge in [0.1, 0.15) is 0 Å². The first-order valence-electron chi connectivity index (χ1n) is 9.46. The minimum Gasteiger partial charge on any atom is -0.378 e. The summed E-state index contributed by atoms with van der Waals surface area (Å²) in [5.74, 6) is 0.121. The first kappa shape index (κ1) is 18.2. The quantitative estimate of drug-likeness (QED) is 0.884. The second-order valence-electron chi connectivity index (χ2n) is 7.26. The number of nitrogens with one attached hydrogen (secondary N) is 1. The zero-order valence-corrected chi connectivity index (χ0v) is 16.3. The fourth-order valence-corrected chi connectivity index (χ4v) is 4.92. The lowest BCUT2D eigenvalue weighted by Crippen LogP contribution is -2.40. The highest BCUT2D eigenvalue weighted by atomic mass is 32.1. The van der Waals surface area contributed by atoms with Crippen LogP contribution in [0.15, 0.2) is 30.3 Å². The molecule has 5 nitrogen and oxygen atoms in total. The van der Waals surface area contributed by atoms with Crippen LogP contribution in [0.2, 0.25) is 0 Å². The zero-order chi connectivity index (χ0) is 18.8. The van der Waals surface area contributed by atoms with Crippen molar-refractivity contribution < 1.29 is 14.3 Å². The van der Waals surface area contributed by atoms with Gasteiger partial charge in [-0.3, -0.25) is 9.59 Å². The lowest BCUT2D eigenvalue weighted by molar-refractivity contribution is -0.120. The largest absolute Gasteiger partial charge is 0.378 e. The molecule has 0 bridgehead atoms. The van der Waals surface area contributed by atoms with E-state index in [1.165, 1.54) is 4.88 Å². The van der Waals surface area contributed by atoms with Crippen molar-refractivity contribution in [3.05, 3.63) is 51.2 Å². The molecular formula is C21H24N2O3S. The third-order valence-electron chi connectivity index (χ3n) is 5.25. The fourth-order valence-electron chi connectivity index (χ4n) is 3.74. The lowest BCUT2D eigenvalue weighted by atomic mass is 9.87. The number of fused-ring (bicyclic) bond motifs is 1. The number of morpholine rings is 1. The Kier molecular flexibility index (Phi) is 5.27.